The van der Waals surface area contributed by atoms with Crippen LogP contribution in [0.4, 0.5) is 5.69 Å². The molecule has 0 aromatic heterocycles. The SMILES string of the molecule is Brc1cccc2c1SC1(CC1)CN2. The van der Waals surface area contributed by atoms with Crippen LogP contribution in [-0.2, 0) is 0 Å². The Morgan fingerprint density at radius 1 is 1.38 bits per heavy atom. The van der Waals surface area contributed by atoms with Gasteiger partial charge in [-0.2, -0.15) is 0 Å². The molecule has 1 fully saturated rings. The summed E-state index contributed by atoms with van der Waals surface area (Å²) in [5.74, 6) is 0. The van der Waals surface area contributed by atoms with Gasteiger partial charge in [-0.25, -0.2) is 0 Å². The number of anilines is 1. The summed E-state index contributed by atoms with van der Waals surface area (Å²) in [6, 6.07) is 6.36. The summed E-state index contributed by atoms with van der Waals surface area (Å²) >= 11 is 5.64. The summed E-state index contributed by atoms with van der Waals surface area (Å²) in [4.78, 5) is 1.39. The molecule has 0 bridgehead atoms. The van der Waals surface area contributed by atoms with E-state index in [2.05, 4.69) is 39.4 Å². The van der Waals surface area contributed by atoms with Crippen molar-refractivity contribution in [3.8, 4) is 0 Å². The minimum atomic E-state index is 0.539. The molecule has 1 saturated carbocycles. The van der Waals surface area contributed by atoms with Crippen LogP contribution in [0.25, 0.3) is 0 Å². The molecule has 1 heterocycles. The highest BCUT2D eigenvalue weighted by Crippen LogP contribution is 2.57. The van der Waals surface area contributed by atoms with Crippen molar-refractivity contribution < 1.29 is 0 Å². The van der Waals surface area contributed by atoms with Crippen molar-refractivity contribution in [2.24, 2.45) is 0 Å². The van der Waals surface area contributed by atoms with Crippen LogP contribution in [-0.4, -0.2) is 11.3 Å². The Balaban J connectivity index is 2.06. The molecular formula is C10H10BrNS. The number of rotatable bonds is 0. The van der Waals surface area contributed by atoms with E-state index in [0.29, 0.717) is 4.75 Å². The molecule has 1 aromatic carbocycles. The molecule has 1 aliphatic heterocycles. The summed E-state index contributed by atoms with van der Waals surface area (Å²) < 4.78 is 1.77. The van der Waals surface area contributed by atoms with Crippen LogP contribution in [0.2, 0.25) is 0 Å². The maximum Gasteiger partial charge on any atom is 0.0490 e. The molecule has 0 saturated heterocycles. The van der Waals surface area contributed by atoms with Gasteiger partial charge < -0.3 is 5.32 Å². The summed E-state index contributed by atoms with van der Waals surface area (Å²) in [6.07, 6.45) is 2.73. The third-order valence-corrected chi connectivity index (χ3v) is 5.25. The van der Waals surface area contributed by atoms with Gasteiger partial charge in [0.25, 0.3) is 0 Å². The average molecular weight is 256 g/mol. The van der Waals surface area contributed by atoms with E-state index in [1.165, 1.54) is 27.9 Å². The van der Waals surface area contributed by atoms with Gasteiger partial charge in [-0.15, -0.1) is 11.8 Å². The third kappa shape index (κ3) is 1.29. The zero-order valence-electron chi connectivity index (χ0n) is 7.14. The predicted molar refractivity (Wildman–Crippen MR) is 60.5 cm³/mol. The molecule has 2 aliphatic rings. The molecule has 0 unspecified atom stereocenters. The van der Waals surface area contributed by atoms with Gasteiger partial charge in [-0.3, -0.25) is 0 Å². The van der Waals surface area contributed by atoms with Crippen LogP contribution in [0.15, 0.2) is 27.6 Å². The van der Waals surface area contributed by atoms with Crippen molar-refractivity contribution in [3.63, 3.8) is 0 Å². The normalized spacial score (nSPS) is 22.2. The molecule has 1 N–H and O–H groups in total. The second-order valence-corrected chi connectivity index (χ2v) is 6.09. The summed E-state index contributed by atoms with van der Waals surface area (Å²) in [5.41, 5.74) is 1.29. The molecule has 3 rings (SSSR count). The average Bonchev–Trinajstić information content (AvgIpc) is 2.88. The monoisotopic (exact) mass is 255 g/mol. The number of benzene rings is 1. The molecule has 0 amide bonds. The minimum absolute atomic E-state index is 0.539. The fourth-order valence-corrected chi connectivity index (χ4v) is 3.59. The van der Waals surface area contributed by atoms with Gasteiger partial charge in [-0.05, 0) is 40.9 Å². The molecule has 3 heteroatoms. The maximum atomic E-state index is 3.60. The highest BCUT2D eigenvalue weighted by Gasteiger charge is 2.46. The second kappa shape index (κ2) is 2.67. The molecule has 1 nitrogen and oxygen atoms in total. The van der Waals surface area contributed by atoms with Gasteiger partial charge >= 0.3 is 0 Å². The van der Waals surface area contributed by atoms with Crippen LogP contribution >= 0.6 is 27.7 Å². The lowest BCUT2D eigenvalue weighted by Crippen LogP contribution is -2.22. The highest BCUT2D eigenvalue weighted by molar-refractivity contribution is 9.10. The van der Waals surface area contributed by atoms with E-state index in [1.54, 1.807) is 0 Å². The first-order valence-corrected chi connectivity index (χ1v) is 6.11. The highest BCUT2D eigenvalue weighted by atomic mass is 79.9. The van der Waals surface area contributed by atoms with Crippen molar-refractivity contribution in [3.05, 3.63) is 22.7 Å². The Morgan fingerprint density at radius 2 is 2.23 bits per heavy atom. The molecule has 68 valence electrons. The van der Waals surface area contributed by atoms with Crippen molar-refractivity contribution in [2.75, 3.05) is 11.9 Å². The number of hydrogen-bond acceptors (Lipinski definition) is 2. The zero-order chi connectivity index (χ0) is 8.89. The van der Waals surface area contributed by atoms with Crippen LogP contribution in [0.1, 0.15) is 12.8 Å². The molecule has 1 aliphatic carbocycles. The predicted octanol–water partition coefficient (Wildman–Crippen LogP) is 3.50. The molecule has 13 heavy (non-hydrogen) atoms. The van der Waals surface area contributed by atoms with Gasteiger partial charge in [0.1, 0.15) is 0 Å². The van der Waals surface area contributed by atoms with Crippen molar-refractivity contribution in [1.82, 2.24) is 0 Å². The zero-order valence-corrected chi connectivity index (χ0v) is 9.54. The van der Waals surface area contributed by atoms with Crippen molar-refractivity contribution in [2.45, 2.75) is 22.5 Å². The molecule has 1 spiro atoms. The van der Waals surface area contributed by atoms with Crippen LogP contribution < -0.4 is 5.32 Å². The fraction of sp³-hybridized carbons (Fsp3) is 0.400. The number of hydrogen-bond donors (Lipinski definition) is 1. The van der Waals surface area contributed by atoms with E-state index in [9.17, 15) is 0 Å². The Morgan fingerprint density at radius 3 is 3.00 bits per heavy atom. The van der Waals surface area contributed by atoms with E-state index < -0.39 is 0 Å². The summed E-state index contributed by atoms with van der Waals surface area (Å²) in [5, 5.41) is 3.51. The number of fused-ring (bicyclic) bond motifs is 1. The second-order valence-electron chi connectivity index (χ2n) is 3.76. The maximum absolute atomic E-state index is 3.60. The first-order chi connectivity index (χ1) is 6.29. The topological polar surface area (TPSA) is 12.0 Å². The van der Waals surface area contributed by atoms with Gasteiger partial charge in [0.05, 0.1) is 0 Å². The van der Waals surface area contributed by atoms with E-state index in [4.69, 9.17) is 0 Å². The lowest BCUT2D eigenvalue weighted by molar-refractivity contribution is 0.921. The van der Waals surface area contributed by atoms with Crippen molar-refractivity contribution >= 4 is 33.4 Å². The molecule has 0 atom stereocenters. The Bertz CT molecular complexity index is 360. The van der Waals surface area contributed by atoms with Gasteiger partial charge in [0.2, 0.25) is 0 Å². The van der Waals surface area contributed by atoms with Gasteiger partial charge in [-0.1, -0.05) is 6.07 Å². The summed E-state index contributed by atoms with van der Waals surface area (Å²) in [7, 11) is 0. The molecule has 1 aromatic rings. The lowest BCUT2D eigenvalue weighted by Gasteiger charge is -2.25. The quantitative estimate of drug-likeness (QED) is 0.762. The lowest BCUT2D eigenvalue weighted by atomic mass is 10.3. The van der Waals surface area contributed by atoms with Crippen LogP contribution in [0, 0.1) is 0 Å². The van der Waals surface area contributed by atoms with E-state index in [0.717, 1.165) is 6.54 Å². The Labute approximate surface area is 90.4 Å². The fourth-order valence-electron chi connectivity index (χ4n) is 1.68. The summed E-state index contributed by atoms with van der Waals surface area (Å²) in [6.45, 7) is 1.14. The van der Waals surface area contributed by atoms with E-state index in [-0.39, 0.29) is 0 Å². The number of halogens is 1. The van der Waals surface area contributed by atoms with E-state index in [1.807, 2.05) is 11.8 Å². The standard InChI is InChI=1S/C10H10BrNS/c11-7-2-1-3-8-9(7)13-10(4-5-10)6-12-8/h1-3,12H,4-6H2. The Kier molecular flexibility index (Phi) is 1.68. The first kappa shape index (κ1) is 8.18. The Hall–Kier alpha value is -0.150. The van der Waals surface area contributed by atoms with E-state index >= 15 is 0 Å². The molecular weight excluding hydrogens is 246 g/mol. The van der Waals surface area contributed by atoms with Gasteiger partial charge in [0, 0.05) is 26.3 Å². The van der Waals surface area contributed by atoms with Gasteiger partial charge in [0.15, 0.2) is 0 Å². The largest absolute Gasteiger partial charge is 0.383 e. The van der Waals surface area contributed by atoms with Crippen molar-refractivity contribution in [1.29, 1.82) is 0 Å². The number of nitrogens with one attached hydrogen (secondary N) is 1. The van der Waals surface area contributed by atoms with Crippen LogP contribution in [0.3, 0.4) is 0 Å². The van der Waals surface area contributed by atoms with Crippen LogP contribution in [0.5, 0.6) is 0 Å². The third-order valence-electron chi connectivity index (χ3n) is 2.69. The molecule has 0 radical (unpaired) electrons. The smallest absolute Gasteiger partial charge is 0.0490 e. The first-order valence-electron chi connectivity index (χ1n) is 4.51. The number of thioether (sulfide) groups is 1. The minimum Gasteiger partial charge on any atom is -0.383 e.